The Morgan fingerprint density at radius 3 is 2.29 bits per heavy atom. The summed E-state index contributed by atoms with van der Waals surface area (Å²) in [5, 5.41) is 5.47. The van der Waals surface area contributed by atoms with Crippen LogP contribution in [0.3, 0.4) is 0 Å². The van der Waals surface area contributed by atoms with Crippen LogP contribution in [0, 0.1) is 0 Å². The molecule has 3 rings (SSSR count). The number of para-hydroxylation sites is 1. The SMILES string of the molecule is O=C(CNc1ccccc1S(=O)(=O)c1ccc(Cl)cc1)Nc1cccc(C(F)(F)F)c1. The van der Waals surface area contributed by atoms with Crippen LogP contribution < -0.4 is 10.6 Å². The van der Waals surface area contributed by atoms with Gasteiger partial charge in [-0.1, -0.05) is 29.8 Å². The summed E-state index contributed by atoms with van der Waals surface area (Å²) in [5.74, 6) is -0.641. The van der Waals surface area contributed by atoms with Gasteiger partial charge in [-0.3, -0.25) is 4.79 Å². The molecule has 2 N–H and O–H groups in total. The zero-order valence-electron chi connectivity index (χ0n) is 15.8. The molecule has 0 heterocycles. The van der Waals surface area contributed by atoms with E-state index in [0.29, 0.717) is 5.02 Å². The van der Waals surface area contributed by atoms with Crippen molar-refractivity contribution in [3.05, 3.63) is 83.4 Å². The molecule has 3 aromatic carbocycles. The van der Waals surface area contributed by atoms with Crippen molar-refractivity contribution < 1.29 is 26.4 Å². The van der Waals surface area contributed by atoms with E-state index in [-0.39, 0.29) is 27.7 Å². The van der Waals surface area contributed by atoms with Crippen LogP contribution in [0.4, 0.5) is 24.5 Å². The predicted molar refractivity (Wildman–Crippen MR) is 112 cm³/mol. The number of carbonyl (C=O) groups excluding carboxylic acids is 1. The first-order valence-corrected chi connectivity index (χ1v) is 10.7. The number of alkyl halides is 3. The molecular weight excluding hydrogens is 453 g/mol. The van der Waals surface area contributed by atoms with Crippen molar-refractivity contribution in [1.29, 1.82) is 0 Å². The molecule has 0 aliphatic carbocycles. The monoisotopic (exact) mass is 468 g/mol. The highest BCUT2D eigenvalue weighted by molar-refractivity contribution is 7.91. The van der Waals surface area contributed by atoms with E-state index in [0.717, 1.165) is 12.1 Å². The van der Waals surface area contributed by atoms with Crippen molar-refractivity contribution >= 4 is 38.7 Å². The molecule has 0 bridgehead atoms. The maximum atomic E-state index is 12.9. The highest BCUT2D eigenvalue weighted by atomic mass is 35.5. The third-order valence-electron chi connectivity index (χ3n) is 4.21. The molecular formula is C21H16ClF3N2O3S. The third-order valence-corrected chi connectivity index (χ3v) is 6.29. The Bertz CT molecular complexity index is 1200. The molecule has 5 nitrogen and oxygen atoms in total. The Labute approximate surface area is 181 Å². The van der Waals surface area contributed by atoms with Crippen LogP contribution in [0.2, 0.25) is 5.02 Å². The van der Waals surface area contributed by atoms with Crippen LogP contribution in [0.1, 0.15) is 5.56 Å². The number of nitrogens with one attached hydrogen (secondary N) is 2. The number of hydrogen-bond donors (Lipinski definition) is 2. The van der Waals surface area contributed by atoms with E-state index in [1.54, 1.807) is 6.07 Å². The second-order valence-electron chi connectivity index (χ2n) is 6.43. The molecule has 0 aliphatic heterocycles. The van der Waals surface area contributed by atoms with Crippen molar-refractivity contribution in [2.75, 3.05) is 17.2 Å². The highest BCUT2D eigenvalue weighted by Crippen LogP contribution is 2.31. The zero-order chi connectivity index (χ0) is 22.6. The molecule has 0 saturated heterocycles. The fourth-order valence-electron chi connectivity index (χ4n) is 2.74. The topological polar surface area (TPSA) is 75.3 Å². The number of hydrogen-bond acceptors (Lipinski definition) is 4. The first kappa shape index (κ1) is 22.6. The van der Waals surface area contributed by atoms with Crippen LogP contribution in [0.25, 0.3) is 0 Å². The smallest absolute Gasteiger partial charge is 0.375 e. The average molecular weight is 469 g/mol. The lowest BCUT2D eigenvalue weighted by atomic mass is 10.2. The highest BCUT2D eigenvalue weighted by Gasteiger charge is 2.30. The van der Waals surface area contributed by atoms with Gasteiger partial charge in [-0.05, 0) is 54.6 Å². The van der Waals surface area contributed by atoms with E-state index in [4.69, 9.17) is 11.6 Å². The molecule has 0 radical (unpaired) electrons. The molecule has 1 amide bonds. The largest absolute Gasteiger partial charge is 0.416 e. The van der Waals surface area contributed by atoms with Crippen LogP contribution >= 0.6 is 11.6 Å². The Morgan fingerprint density at radius 2 is 1.61 bits per heavy atom. The number of rotatable bonds is 6. The molecule has 0 unspecified atom stereocenters. The van der Waals surface area contributed by atoms with Gasteiger partial charge in [0.05, 0.1) is 27.6 Å². The third kappa shape index (κ3) is 5.56. The summed E-state index contributed by atoms with van der Waals surface area (Å²) >= 11 is 5.81. The minimum atomic E-state index is -4.53. The van der Waals surface area contributed by atoms with Gasteiger partial charge in [0.15, 0.2) is 0 Å². The molecule has 3 aromatic rings. The van der Waals surface area contributed by atoms with E-state index < -0.39 is 27.5 Å². The molecule has 0 aliphatic rings. The molecule has 0 fully saturated rings. The molecule has 0 spiro atoms. The number of anilines is 2. The number of amides is 1. The lowest BCUT2D eigenvalue weighted by Gasteiger charge is -2.13. The van der Waals surface area contributed by atoms with Gasteiger partial charge in [0.2, 0.25) is 15.7 Å². The fraction of sp³-hybridized carbons (Fsp3) is 0.0952. The van der Waals surface area contributed by atoms with Crippen molar-refractivity contribution in [3.63, 3.8) is 0 Å². The Balaban J connectivity index is 1.75. The van der Waals surface area contributed by atoms with Gasteiger partial charge in [0, 0.05) is 10.7 Å². The zero-order valence-corrected chi connectivity index (χ0v) is 17.4. The van der Waals surface area contributed by atoms with Gasteiger partial charge in [-0.15, -0.1) is 0 Å². The summed E-state index contributed by atoms with van der Waals surface area (Å²) in [4.78, 5) is 12.2. The lowest BCUT2D eigenvalue weighted by Crippen LogP contribution is -2.22. The predicted octanol–water partition coefficient (Wildman–Crippen LogP) is 5.24. The molecule has 10 heteroatoms. The average Bonchev–Trinajstić information content (AvgIpc) is 2.72. The molecule has 162 valence electrons. The van der Waals surface area contributed by atoms with E-state index in [1.807, 2.05) is 0 Å². The first-order chi connectivity index (χ1) is 14.6. The van der Waals surface area contributed by atoms with Crippen LogP contribution in [0.5, 0.6) is 0 Å². The Morgan fingerprint density at radius 1 is 0.935 bits per heavy atom. The maximum absolute atomic E-state index is 12.9. The first-order valence-electron chi connectivity index (χ1n) is 8.88. The molecule has 0 aromatic heterocycles. The Hall–Kier alpha value is -3.04. The van der Waals surface area contributed by atoms with Crippen molar-refractivity contribution in [3.8, 4) is 0 Å². The number of halogens is 4. The van der Waals surface area contributed by atoms with Gasteiger partial charge in [0.25, 0.3) is 0 Å². The van der Waals surface area contributed by atoms with Crippen molar-refractivity contribution in [1.82, 2.24) is 0 Å². The second-order valence-corrected chi connectivity index (χ2v) is 8.79. The van der Waals surface area contributed by atoms with Crippen LogP contribution in [-0.2, 0) is 20.8 Å². The van der Waals surface area contributed by atoms with Crippen molar-refractivity contribution in [2.45, 2.75) is 16.0 Å². The fourth-order valence-corrected chi connectivity index (χ4v) is 4.30. The van der Waals surface area contributed by atoms with Crippen molar-refractivity contribution in [2.24, 2.45) is 0 Å². The van der Waals surface area contributed by atoms with Crippen LogP contribution in [0.15, 0.2) is 82.6 Å². The number of benzene rings is 3. The van der Waals surface area contributed by atoms with Crippen LogP contribution in [-0.4, -0.2) is 20.9 Å². The summed E-state index contributed by atoms with van der Waals surface area (Å²) in [6.07, 6.45) is -4.53. The standard InChI is InChI=1S/C21H16ClF3N2O3S/c22-15-8-10-17(11-9-15)31(29,30)19-7-2-1-6-18(19)26-13-20(28)27-16-5-3-4-14(12-16)21(23,24)25/h1-12,26H,13H2,(H,27,28). The lowest BCUT2D eigenvalue weighted by molar-refractivity contribution is -0.137. The Kier molecular flexibility index (Phi) is 6.56. The quantitative estimate of drug-likeness (QED) is 0.518. The summed E-state index contributed by atoms with van der Waals surface area (Å²) in [5.41, 5.74) is -0.738. The molecule has 0 saturated carbocycles. The summed E-state index contributed by atoms with van der Waals surface area (Å²) in [6.45, 7) is -0.358. The molecule has 31 heavy (non-hydrogen) atoms. The summed E-state index contributed by atoms with van der Waals surface area (Å²) in [6, 6.07) is 15.9. The second kappa shape index (κ2) is 8.99. The van der Waals surface area contributed by atoms with Gasteiger partial charge in [-0.2, -0.15) is 13.2 Å². The van der Waals surface area contributed by atoms with E-state index in [2.05, 4.69) is 10.6 Å². The normalized spacial score (nSPS) is 11.7. The van der Waals surface area contributed by atoms with Gasteiger partial charge < -0.3 is 10.6 Å². The summed E-state index contributed by atoms with van der Waals surface area (Å²) in [7, 11) is -3.89. The van der Waals surface area contributed by atoms with E-state index >= 15 is 0 Å². The molecule has 0 atom stereocenters. The number of sulfone groups is 1. The summed E-state index contributed by atoms with van der Waals surface area (Å²) < 4.78 is 64.3. The number of carbonyl (C=O) groups is 1. The van der Waals surface area contributed by atoms with E-state index in [9.17, 15) is 26.4 Å². The van der Waals surface area contributed by atoms with Gasteiger partial charge >= 0.3 is 6.18 Å². The minimum absolute atomic E-state index is 0.0244. The van der Waals surface area contributed by atoms with Gasteiger partial charge in [0.1, 0.15) is 0 Å². The van der Waals surface area contributed by atoms with Gasteiger partial charge in [-0.25, -0.2) is 8.42 Å². The van der Waals surface area contributed by atoms with E-state index in [1.165, 1.54) is 54.6 Å². The minimum Gasteiger partial charge on any atom is -0.375 e. The maximum Gasteiger partial charge on any atom is 0.416 e.